The Kier molecular flexibility index (Phi) is 1.96. The molecule has 0 saturated carbocycles. The average Bonchev–Trinajstić information content (AvgIpc) is 2.04. The van der Waals surface area contributed by atoms with Gasteiger partial charge in [-0.1, -0.05) is 6.07 Å². The molecule has 0 aliphatic carbocycles. The summed E-state index contributed by atoms with van der Waals surface area (Å²) in [5.74, 6) is 0.732. The highest BCUT2D eigenvalue weighted by atomic mass is 16.5. The third-order valence-corrected chi connectivity index (χ3v) is 1.96. The lowest BCUT2D eigenvalue weighted by atomic mass is 10.2. The second-order valence-electron chi connectivity index (χ2n) is 3.13. The number of likely N-dealkylation sites (N-methyl/N-ethyl adjacent to an activating group) is 1. The molecule has 0 aromatic carbocycles. The Bertz CT molecular complexity index is 244. The van der Waals surface area contributed by atoms with E-state index in [1.165, 1.54) is 0 Å². The van der Waals surface area contributed by atoms with Gasteiger partial charge in [0.25, 0.3) is 0 Å². The fourth-order valence-corrected chi connectivity index (χ4v) is 1.30. The molecule has 0 bridgehead atoms. The van der Waals surface area contributed by atoms with Gasteiger partial charge in [-0.15, -0.1) is 0 Å². The first-order chi connectivity index (χ1) is 5.84. The van der Waals surface area contributed by atoms with Gasteiger partial charge >= 0.3 is 0 Å². The third-order valence-electron chi connectivity index (χ3n) is 1.96. The van der Waals surface area contributed by atoms with E-state index in [0.717, 1.165) is 19.0 Å². The molecular formula is C9H12N2O. The van der Waals surface area contributed by atoms with Crippen molar-refractivity contribution in [1.29, 1.82) is 0 Å². The minimum Gasteiger partial charge on any atom is -0.472 e. The van der Waals surface area contributed by atoms with Crippen molar-refractivity contribution in [1.82, 2.24) is 9.88 Å². The van der Waals surface area contributed by atoms with E-state index in [1.54, 1.807) is 6.20 Å². The van der Waals surface area contributed by atoms with Gasteiger partial charge in [-0.3, -0.25) is 4.90 Å². The van der Waals surface area contributed by atoms with Crippen LogP contribution in [0.15, 0.2) is 24.4 Å². The van der Waals surface area contributed by atoms with Crippen LogP contribution >= 0.6 is 0 Å². The number of hydrogen-bond acceptors (Lipinski definition) is 3. The van der Waals surface area contributed by atoms with Crippen LogP contribution in [0.5, 0.6) is 5.88 Å². The van der Waals surface area contributed by atoms with Crippen LogP contribution in [0.3, 0.4) is 0 Å². The number of pyridine rings is 1. The fraction of sp³-hybridized carbons (Fsp3) is 0.444. The molecule has 1 aliphatic rings. The first-order valence-corrected chi connectivity index (χ1v) is 4.11. The predicted molar refractivity (Wildman–Crippen MR) is 46.2 cm³/mol. The number of hydrogen-bond donors (Lipinski definition) is 0. The highest BCUT2D eigenvalue weighted by molar-refractivity contribution is 5.10. The van der Waals surface area contributed by atoms with Crippen molar-refractivity contribution in [3.8, 4) is 5.88 Å². The van der Waals surface area contributed by atoms with Gasteiger partial charge in [0.2, 0.25) is 5.88 Å². The molecule has 1 aliphatic heterocycles. The molecule has 1 saturated heterocycles. The van der Waals surface area contributed by atoms with Crippen LogP contribution in [0.25, 0.3) is 0 Å². The maximum absolute atomic E-state index is 5.57. The quantitative estimate of drug-likeness (QED) is 0.645. The van der Waals surface area contributed by atoms with Crippen molar-refractivity contribution in [2.24, 2.45) is 0 Å². The van der Waals surface area contributed by atoms with E-state index >= 15 is 0 Å². The Labute approximate surface area is 72.0 Å². The molecule has 0 radical (unpaired) electrons. The third kappa shape index (κ3) is 1.56. The summed E-state index contributed by atoms with van der Waals surface area (Å²) in [5, 5.41) is 0. The normalized spacial score (nSPS) is 18.8. The van der Waals surface area contributed by atoms with Crippen LogP contribution in [0.1, 0.15) is 0 Å². The molecule has 1 aromatic rings. The molecule has 0 atom stereocenters. The van der Waals surface area contributed by atoms with E-state index in [9.17, 15) is 0 Å². The molecule has 2 heterocycles. The van der Waals surface area contributed by atoms with E-state index in [-0.39, 0.29) is 0 Å². The zero-order valence-electron chi connectivity index (χ0n) is 7.10. The first kappa shape index (κ1) is 7.55. The molecule has 64 valence electrons. The van der Waals surface area contributed by atoms with Crippen LogP contribution in [0.4, 0.5) is 0 Å². The van der Waals surface area contributed by atoms with Gasteiger partial charge in [0.05, 0.1) is 0 Å². The number of nitrogens with zero attached hydrogens (tertiary/aromatic N) is 2. The Morgan fingerprint density at radius 1 is 1.50 bits per heavy atom. The number of likely N-dealkylation sites (tertiary alicyclic amines) is 1. The average molecular weight is 164 g/mol. The molecule has 1 aromatic heterocycles. The zero-order valence-corrected chi connectivity index (χ0v) is 7.10. The maximum atomic E-state index is 5.57. The SMILES string of the molecule is CN1CC(Oc2ccccn2)C1. The van der Waals surface area contributed by atoms with Crippen LogP contribution in [-0.2, 0) is 0 Å². The molecule has 0 spiro atoms. The number of ether oxygens (including phenoxy) is 1. The van der Waals surface area contributed by atoms with Crippen LogP contribution in [-0.4, -0.2) is 36.1 Å². The van der Waals surface area contributed by atoms with Crippen LogP contribution in [0, 0.1) is 0 Å². The number of aromatic nitrogens is 1. The fourth-order valence-electron chi connectivity index (χ4n) is 1.30. The summed E-state index contributed by atoms with van der Waals surface area (Å²) in [4.78, 5) is 6.30. The molecular weight excluding hydrogens is 152 g/mol. The molecule has 0 amide bonds. The molecule has 3 nitrogen and oxygen atoms in total. The van der Waals surface area contributed by atoms with Gasteiger partial charge in [0.15, 0.2) is 0 Å². The highest BCUT2D eigenvalue weighted by Gasteiger charge is 2.24. The summed E-state index contributed by atoms with van der Waals surface area (Å²) >= 11 is 0. The van der Waals surface area contributed by atoms with E-state index in [1.807, 2.05) is 18.2 Å². The summed E-state index contributed by atoms with van der Waals surface area (Å²) in [6, 6.07) is 5.71. The zero-order chi connectivity index (χ0) is 8.39. The Balaban J connectivity index is 1.88. The molecule has 3 heteroatoms. The Hall–Kier alpha value is -1.09. The van der Waals surface area contributed by atoms with Crippen molar-refractivity contribution in [3.63, 3.8) is 0 Å². The standard InChI is InChI=1S/C9H12N2O/c1-11-6-8(7-11)12-9-4-2-3-5-10-9/h2-5,8H,6-7H2,1H3. The summed E-state index contributed by atoms with van der Waals surface area (Å²) in [5.41, 5.74) is 0. The predicted octanol–water partition coefficient (Wildman–Crippen LogP) is 0.774. The van der Waals surface area contributed by atoms with E-state index in [4.69, 9.17) is 4.74 Å². The largest absolute Gasteiger partial charge is 0.472 e. The lowest BCUT2D eigenvalue weighted by Gasteiger charge is -2.35. The van der Waals surface area contributed by atoms with Gasteiger partial charge < -0.3 is 4.74 Å². The van der Waals surface area contributed by atoms with Crippen molar-refractivity contribution >= 4 is 0 Å². The van der Waals surface area contributed by atoms with Gasteiger partial charge in [0.1, 0.15) is 6.10 Å². The summed E-state index contributed by atoms with van der Waals surface area (Å²) < 4.78 is 5.57. The van der Waals surface area contributed by atoms with Crippen LogP contribution < -0.4 is 4.74 Å². The minimum absolute atomic E-state index is 0.338. The van der Waals surface area contributed by atoms with E-state index in [2.05, 4.69) is 16.9 Å². The molecule has 12 heavy (non-hydrogen) atoms. The van der Waals surface area contributed by atoms with Gasteiger partial charge in [-0.2, -0.15) is 0 Å². The van der Waals surface area contributed by atoms with Crippen molar-refractivity contribution in [2.75, 3.05) is 20.1 Å². The van der Waals surface area contributed by atoms with Gasteiger partial charge in [-0.25, -0.2) is 4.98 Å². The second-order valence-corrected chi connectivity index (χ2v) is 3.13. The smallest absolute Gasteiger partial charge is 0.213 e. The van der Waals surface area contributed by atoms with Crippen molar-refractivity contribution in [2.45, 2.75) is 6.10 Å². The molecule has 1 fully saturated rings. The molecule has 0 unspecified atom stereocenters. The minimum atomic E-state index is 0.338. The first-order valence-electron chi connectivity index (χ1n) is 4.11. The highest BCUT2D eigenvalue weighted by Crippen LogP contribution is 2.12. The van der Waals surface area contributed by atoms with Crippen molar-refractivity contribution in [3.05, 3.63) is 24.4 Å². The summed E-state index contributed by atoms with van der Waals surface area (Å²) in [6.07, 6.45) is 2.09. The molecule has 2 rings (SSSR count). The molecule has 0 N–H and O–H groups in total. The summed E-state index contributed by atoms with van der Waals surface area (Å²) in [6.45, 7) is 2.02. The number of rotatable bonds is 2. The maximum Gasteiger partial charge on any atom is 0.213 e. The lowest BCUT2D eigenvalue weighted by Crippen LogP contribution is -2.51. The Morgan fingerprint density at radius 2 is 2.33 bits per heavy atom. The summed E-state index contributed by atoms with van der Waals surface area (Å²) in [7, 11) is 2.08. The lowest BCUT2D eigenvalue weighted by molar-refractivity contribution is 0.0356. The van der Waals surface area contributed by atoms with Gasteiger partial charge in [0, 0.05) is 25.4 Å². The Morgan fingerprint density at radius 3 is 2.92 bits per heavy atom. The van der Waals surface area contributed by atoms with Crippen molar-refractivity contribution < 1.29 is 4.74 Å². The van der Waals surface area contributed by atoms with Crippen LogP contribution in [0.2, 0.25) is 0 Å². The topological polar surface area (TPSA) is 25.4 Å². The van der Waals surface area contributed by atoms with E-state index < -0.39 is 0 Å². The van der Waals surface area contributed by atoms with Gasteiger partial charge in [-0.05, 0) is 13.1 Å². The van der Waals surface area contributed by atoms with E-state index in [0.29, 0.717) is 6.10 Å². The second kappa shape index (κ2) is 3.11. The monoisotopic (exact) mass is 164 g/mol.